The van der Waals surface area contributed by atoms with Gasteiger partial charge in [-0.3, -0.25) is 4.79 Å². The first-order valence-electron chi connectivity index (χ1n) is 8.62. The fourth-order valence-corrected chi connectivity index (χ4v) is 5.55. The highest BCUT2D eigenvalue weighted by molar-refractivity contribution is 5.78. The molecule has 0 aliphatic heterocycles. The van der Waals surface area contributed by atoms with E-state index >= 15 is 0 Å². The monoisotopic (exact) mass is 314 g/mol. The molecule has 4 saturated carbocycles. The Hall–Kier alpha value is -1.91. The summed E-state index contributed by atoms with van der Waals surface area (Å²) in [6.45, 7) is 0.314. The van der Waals surface area contributed by atoms with E-state index in [1.54, 1.807) is 0 Å². The maximum absolute atomic E-state index is 12.6. The summed E-state index contributed by atoms with van der Waals surface area (Å²) < 4.78 is 1.84. The van der Waals surface area contributed by atoms with E-state index in [-0.39, 0.29) is 11.4 Å². The van der Waals surface area contributed by atoms with Crippen molar-refractivity contribution >= 4 is 12.1 Å². The van der Waals surface area contributed by atoms with Crippen molar-refractivity contribution in [2.24, 2.45) is 22.9 Å². The Bertz CT molecular complexity index is 606. The Morgan fingerprint density at radius 3 is 2.57 bits per heavy atom. The van der Waals surface area contributed by atoms with Gasteiger partial charge in [-0.25, -0.2) is 0 Å². The lowest BCUT2D eigenvalue weighted by atomic mass is 9.53. The number of aromatic nitrogens is 1. The predicted molar refractivity (Wildman–Crippen MR) is 85.1 cm³/mol. The second-order valence-corrected chi connectivity index (χ2v) is 7.80. The highest BCUT2D eigenvalue weighted by Gasteiger charge is 2.51. The second-order valence-electron chi connectivity index (χ2n) is 7.80. The maximum Gasteiger partial charge on any atom is 0.286 e. The standard InChI is InChI=1S/C18H23N3O2/c22-17(12-21-3-1-2-13(11-21)10-19-23)20-18-7-14-4-15(8-18)6-16(5-14)9-18/h1-3,10-11,14-16H,4-9,12H2,(H-,20,22,23)/p+1/b19-10+. The number of nitrogens with one attached hydrogen (secondary N) is 1. The minimum absolute atomic E-state index is 0.0660. The molecule has 1 heterocycles. The van der Waals surface area contributed by atoms with Gasteiger partial charge in [0.2, 0.25) is 6.54 Å². The van der Waals surface area contributed by atoms with Gasteiger partial charge < -0.3 is 10.5 Å². The molecule has 0 spiro atoms. The first-order valence-corrected chi connectivity index (χ1v) is 8.62. The average molecular weight is 314 g/mol. The van der Waals surface area contributed by atoms with Crippen LogP contribution >= 0.6 is 0 Å². The van der Waals surface area contributed by atoms with Crippen LogP contribution in [-0.4, -0.2) is 22.9 Å². The molecule has 0 radical (unpaired) electrons. The number of carbonyl (C=O) groups excluding carboxylic acids is 1. The lowest BCUT2D eigenvalue weighted by molar-refractivity contribution is -0.684. The molecule has 5 rings (SSSR count). The summed E-state index contributed by atoms with van der Waals surface area (Å²) >= 11 is 0. The van der Waals surface area contributed by atoms with E-state index < -0.39 is 0 Å². The van der Waals surface area contributed by atoms with Crippen molar-refractivity contribution in [1.29, 1.82) is 0 Å². The Morgan fingerprint density at radius 1 is 1.30 bits per heavy atom. The lowest BCUT2D eigenvalue weighted by Crippen LogP contribution is -2.61. The van der Waals surface area contributed by atoms with Gasteiger partial charge >= 0.3 is 0 Å². The molecule has 23 heavy (non-hydrogen) atoms. The molecule has 122 valence electrons. The molecule has 4 aliphatic rings. The van der Waals surface area contributed by atoms with Gasteiger partial charge in [0, 0.05) is 11.6 Å². The van der Waals surface area contributed by atoms with Crippen molar-refractivity contribution in [1.82, 2.24) is 5.32 Å². The van der Waals surface area contributed by atoms with Gasteiger partial charge in [-0.15, -0.1) is 0 Å². The van der Waals surface area contributed by atoms with Crippen molar-refractivity contribution in [3.63, 3.8) is 0 Å². The maximum atomic E-state index is 12.6. The van der Waals surface area contributed by atoms with Gasteiger partial charge in [-0.1, -0.05) is 5.16 Å². The highest BCUT2D eigenvalue weighted by atomic mass is 16.4. The molecule has 1 amide bonds. The van der Waals surface area contributed by atoms with Crippen LogP contribution in [0.25, 0.3) is 0 Å². The zero-order chi connectivity index (χ0) is 15.9. The number of pyridine rings is 1. The van der Waals surface area contributed by atoms with Crippen LogP contribution in [0.4, 0.5) is 0 Å². The summed E-state index contributed by atoms with van der Waals surface area (Å²) in [4.78, 5) is 12.6. The van der Waals surface area contributed by atoms with Crippen molar-refractivity contribution in [2.45, 2.75) is 50.6 Å². The molecule has 2 N–H and O–H groups in total. The van der Waals surface area contributed by atoms with Gasteiger partial charge in [-0.2, -0.15) is 4.57 Å². The van der Waals surface area contributed by atoms with Gasteiger partial charge in [0.05, 0.1) is 11.8 Å². The molecule has 1 aromatic heterocycles. The highest BCUT2D eigenvalue weighted by Crippen LogP contribution is 2.55. The summed E-state index contributed by atoms with van der Waals surface area (Å²) in [7, 11) is 0. The van der Waals surface area contributed by atoms with E-state index in [4.69, 9.17) is 5.21 Å². The van der Waals surface area contributed by atoms with Crippen LogP contribution in [0.2, 0.25) is 0 Å². The van der Waals surface area contributed by atoms with Crippen LogP contribution in [0, 0.1) is 17.8 Å². The number of hydrogen-bond acceptors (Lipinski definition) is 3. The SMILES string of the molecule is O=C(C[n+]1cccc(/C=N/O)c1)NC12CC3CC(CC(C3)C1)C2. The summed E-state index contributed by atoms with van der Waals surface area (Å²) in [5.74, 6) is 2.59. The largest absolute Gasteiger partial charge is 0.411 e. The summed E-state index contributed by atoms with van der Waals surface area (Å²) in [5, 5.41) is 15.0. The second kappa shape index (κ2) is 5.62. The number of carbonyl (C=O) groups is 1. The third kappa shape index (κ3) is 2.96. The van der Waals surface area contributed by atoms with E-state index in [0.29, 0.717) is 6.54 Å². The van der Waals surface area contributed by atoms with E-state index in [1.165, 1.54) is 44.7 Å². The molecule has 5 nitrogen and oxygen atoms in total. The summed E-state index contributed by atoms with van der Waals surface area (Å²) in [5.41, 5.74) is 0.842. The zero-order valence-electron chi connectivity index (χ0n) is 13.3. The van der Waals surface area contributed by atoms with Crippen LogP contribution in [0.3, 0.4) is 0 Å². The fraction of sp³-hybridized carbons (Fsp3) is 0.611. The Balaban J connectivity index is 1.43. The molecule has 0 unspecified atom stereocenters. The third-order valence-electron chi connectivity index (χ3n) is 5.86. The van der Waals surface area contributed by atoms with Gasteiger partial charge in [0.15, 0.2) is 12.4 Å². The van der Waals surface area contributed by atoms with Gasteiger partial charge in [0.25, 0.3) is 5.91 Å². The van der Waals surface area contributed by atoms with E-state index in [2.05, 4.69) is 10.5 Å². The molecular formula is C18H24N3O2+. The Morgan fingerprint density at radius 2 is 1.96 bits per heavy atom. The summed E-state index contributed by atoms with van der Waals surface area (Å²) in [6, 6.07) is 3.70. The van der Waals surface area contributed by atoms with Crippen molar-refractivity contribution in [3.8, 4) is 0 Å². The van der Waals surface area contributed by atoms with Crippen LogP contribution < -0.4 is 9.88 Å². The lowest BCUT2D eigenvalue weighted by Gasteiger charge is -2.56. The molecule has 5 heteroatoms. The van der Waals surface area contributed by atoms with Crippen LogP contribution in [0.5, 0.6) is 0 Å². The summed E-state index contributed by atoms with van der Waals surface area (Å²) in [6.07, 6.45) is 12.7. The first-order chi connectivity index (χ1) is 11.1. The minimum atomic E-state index is 0.0660. The Labute approximate surface area is 136 Å². The van der Waals surface area contributed by atoms with Crippen molar-refractivity contribution < 1.29 is 14.6 Å². The van der Waals surface area contributed by atoms with Crippen LogP contribution in [-0.2, 0) is 11.3 Å². The number of nitrogens with zero attached hydrogens (tertiary/aromatic N) is 2. The Kier molecular flexibility index (Phi) is 3.58. The first kappa shape index (κ1) is 14.7. The molecule has 4 fully saturated rings. The minimum Gasteiger partial charge on any atom is -0.411 e. The molecule has 0 aromatic carbocycles. The third-order valence-corrected chi connectivity index (χ3v) is 5.86. The molecule has 4 aliphatic carbocycles. The normalized spacial score (nSPS) is 34.9. The number of rotatable bonds is 4. The predicted octanol–water partition coefficient (Wildman–Crippen LogP) is 1.87. The number of hydrogen-bond donors (Lipinski definition) is 2. The van der Waals surface area contributed by atoms with Gasteiger partial charge in [-0.05, 0) is 62.3 Å². The van der Waals surface area contributed by atoms with Crippen molar-refractivity contribution in [2.75, 3.05) is 0 Å². The molecule has 0 atom stereocenters. The van der Waals surface area contributed by atoms with Crippen molar-refractivity contribution in [3.05, 3.63) is 30.1 Å². The average Bonchev–Trinajstić information content (AvgIpc) is 2.45. The quantitative estimate of drug-likeness (QED) is 0.386. The van der Waals surface area contributed by atoms with E-state index in [9.17, 15) is 4.79 Å². The van der Waals surface area contributed by atoms with Gasteiger partial charge in [0.1, 0.15) is 0 Å². The topological polar surface area (TPSA) is 65.6 Å². The molecule has 1 aromatic rings. The zero-order valence-corrected chi connectivity index (χ0v) is 13.3. The molecule has 0 saturated heterocycles. The smallest absolute Gasteiger partial charge is 0.286 e. The fourth-order valence-electron chi connectivity index (χ4n) is 5.55. The molecular weight excluding hydrogens is 290 g/mol. The van der Waals surface area contributed by atoms with E-state index in [0.717, 1.165) is 23.3 Å². The van der Waals surface area contributed by atoms with Crippen LogP contribution in [0.15, 0.2) is 29.7 Å². The van der Waals surface area contributed by atoms with E-state index in [1.807, 2.05) is 29.1 Å². The number of oxime groups is 1. The molecule has 4 bridgehead atoms. The number of amides is 1. The van der Waals surface area contributed by atoms with Crippen LogP contribution in [0.1, 0.15) is 44.1 Å².